The van der Waals surface area contributed by atoms with Crippen molar-refractivity contribution < 1.29 is 9.47 Å². The highest BCUT2D eigenvalue weighted by atomic mass is 19.3. The van der Waals surface area contributed by atoms with Crippen molar-refractivity contribution in [2.45, 2.75) is 6.92 Å². The maximum absolute atomic E-state index is 11.5. The van der Waals surface area contributed by atoms with E-state index in [9.17, 15) is 4.53 Å². The molecule has 11 heavy (non-hydrogen) atoms. The number of halogens is 1. The van der Waals surface area contributed by atoms with Crippen molar-refractivity contribution in [3.8, 4) is 5.75 Å². The minimum absolute atomic E-state index is 0.234. The lowest BCUT2D eigenvalue weighted by Crippen LogP contribution is -1.75. The van der Waals surface area contributed by atoms with Crippen molar-refractivity contribution in [2.75, 3.05) is 0 Å². The SMILES string of the molecule is C/C=C/c1ccc(OF)cc1. The molecule has 0 fully saturated rings. The van der Waals surface area contributed by atoms with Gasteiger partial charge in [-0.15, -0.1) is 0 Å². The summed E-state index contributed by atoms with van der Waals surface area (Å²) in [5, 5.41) is 0. The molecule has 1 aromatic rings. The van der Waals surface area contributed by atoms with Crippen LogP contribution in [0.4, 0.5) is 4.53 Å². The Labute approximate surface area is 65.0 Å². The van der Waals surface area contributed by atoms with Crippen LogP contribution in [0.3, 0.4) is 0 Å². The molecule has 0 aliphatic carbocycles. The molecule has 1 nitrogen and oxygen atoms in total. The van der Waals surface area contributed by atoms with Crippen LogP contribution >= 0.6 is 0 Å². The third kappa shape index (κ3) is 2.08. The smallest absolute Gasteiger partial charge is 0.171 e. The lowest BCUT2D eigenvalue weighted by Gasteiger charge is -1.93. The number of rotatable bonds is 2. The van der Waals surface area contributed by atoms with Crippen LogP contribution < -0.4 is 4.94 Å². The molecule has 0 bridgehead atoms. The molecule has 0 radical (unpaired) electrons. The Balaban J connectivity index is 2.82. The van der Waals surface area contributed by atoms with E-state index in [0.717, 1.165) is 5.56 Å². The summed E-state index contributed by atoms with van der Waals surface area (Å²) in [5.41, 5.74) is 1.04. The Hall–Kier alpha value is -1.31. The molecular weight excluding hydrogens is 143 g/mol. The molecule has 58 valence electrons. The van der Waals surface area contributed by atoms with Gasteiger partial charge in [0.05, 0.1) is 0 Å². The Morgan fingerprint density at radius 2 is 1.91 bits per heavy atom. The first-order valence-electron chi connectivity index (χ1n) is 3.38. The van der Waals surface area contributed by atoms with Crippen LogP contribution in [0.1, 0.15) is 12.5 Å². The second-order valence-electron chi connectivity index (χ2n) is 2.15. The number of benzene rings is 1. The topological polar surface area (TPSA) is 9.23 Å². The van der Waals surface area contributed by atoms with Crippen molar-refractivity contribution in [3.05, 3.63) is 35.9 Å². The van der Waals surface area contributed by atoms with Crippen molar-refractivity contribution in [1.82, 2.24) is 0 Å². The van der Waals surface area contributed by atoms with E-state index < -0.39 is 0 Å². The summed E-state index contributed by atoms with van der Waals surface area (Å²) >= 11 is 0. The minimum Gasteiger partial charge on any atom is -0.294 e. The third-order valence-corrected chi connectivity index (χ3v) is 1.33. The minimum atomic E-state index is 0.234. The van der Waals surface area contributed by atoms with Gasteiger partial charge in [0.15, 0.2) is 5.75 Å². The second kappa shape index (κ2) is 3.76. The second-order valence-corrected chi connectivity index (χ2v) is 2.15. The Morgan fingerprint density at radius 3 is 2.36 bits per heavy atom. The molecule has 0 aliphatic heterocycles. The first-order chi connectivity index (χ1) is 5.36. The maximum Gasteiger partial charge on any atom is 0.171 e. The molecule has 1 rings (SSSR count). The van der Waals surface area contributed by atoms with E-state index in [1.165, 1.54) is 0 Å². The molecule has 0 atom stereocenters. The summed E-state index contributed by atoms with van der Waals surface area (Å²) in [7, 11) is 0. The normalized spacial score (nSPS) is 10.4. The summed E-state index contributed by atoms with van der Waals surface area (Å²) in [5.74, 6) is 0.234. The van der Waals surface area contributed by atoms with Crippen molar-refractivity contribution in [2.24, 2.45) is 0 Å². The predicted octanol–water partition coefficient (Wildman–Crippen LogP) is 2.98. The van der Waals surface area contributed by atoms with E-state index in [0.29, 0.717) is 0 Å². The van der Waals surface area contributed by atoms with Gasteiger partial charge >= 0.3 is 0 Å². The van der Waals surface area contributed by atoms with Gasteiger partial charge in [-0.2, -0.15) is 0 Å². The highest BCUT2D eigenvalue weighted by Crippen LogP contribution is 2.12. The van der Waals surface area contributed by atoms with Crippen LogP contribution in [0.2, 0.25) is 0 Å². The van der Waals surface area contributed by atoms with Crippen LogP contribution in [-0.2, 0) is 0 Å². The van der Waals surface area contributed by atoms with Gasteiger partial charge in [0, 0.05) is 4.53 Å². The van der Waals surface area contributed by atoms with Crippen LogP contribution in [0.15, 0.2) is 30.3 Å². The van der Waals surface area contributed by atoms with Gasteiger partial charge in [-0.1, -0.05) is 24.3 Å². The van der Waals surface area contributed by atoms with Crippen LogP contribution in [0.5, 0.6) is 5.75 Å². The fraction of sp³-hybridized carbons (Fsp3) is 0.111. The van der Waals surface area contributed by atoms with E-state index in [2.05, 4.69) is 4.94 Å². The molecule has 0 heterocycles. The van der Waals surface area contributed by atoms with Crippen LogP contribution in [0, 0.1) is 0 Å². The number of hydrogen-bond donors (Lipinski definition) is 0. The maximum atomic E-state index is 11.5. The van der Waals surface area contributed by atoms with E-state index in [1.54, 1.807) is 24.3 Å². The Bertz CT molecular complexity index is 238. The summed E-state index contributed by atoms with van der Waals surface area (Å²) in [4.78, 5) is 3.52. The van der Waals surface area contributed by atoms with Crippen molar-refractivity contribution >= 4 is 6.08 Å². The third-order valence-electron chi connectivity index (χ3n) is 1.33. The number of allylic oxidation sites excluding steroid dienone is 1. The zero-order chi connectivity index (χ0) is 8.10. The molecule has 0 aliphatic rings. The molecule has 1 aromatic carbocycles. The Kier molecular flexibility index (Phi) is 2.66. The average Bonchev–Trinajstić information content (AvgIpc) is 2.07. The molecule has 0 unspecified atom stereocenters. The van der Waals surface area contributed by atoms with E-state index in [1.807, 2.05) is 19.1 Å². The quantitative estimate of drug-likeness (QED) is 0.633. The predicted molar refractivity (Wildman–Crippen MR) is 42.9 cm³/mol. The monoisotopic (exact) mass is 152 g/mol. The molecule has 0 spiro atoms. The standard InChI is InChI=1S/C9H9FO/c1-2-3-8-4-6-9(11-10)7-5-8/h2-7H,1H3/b3-2+. The van der Waals surface area contributed by atoms with Crippen molar-refractivity contribution in [1.29, 1.82) is 0 Å². The van der Waals surface area contributed by atoms with Gasteiger partial charge in [-0.3, -0.25) is 4.94 Å². The molecule has 2 heteroatoms. The van der Waals surface area contributed by atoms with Gasteiger partial charge < -0.3 is 0 Å². The van der Waals surface area contributed by atoms with E-state index in [4.69, 9.17) is 0 Å². The highest BCUT2D eigenvalue weighted by Gasteiger charge is 1.90. The molecule has 0 amide bonds. The molecule has 0 N–H and O–H groups in total. The van der Waals surface area contributed by atoms with Gasteiger partial charge in [0.1, 0.15) is 0 Å². The summed E-state index contributed by atoms with van der Waals surface area (Å²) in [6.07, 6.45) is 3.85. The molecule has 0 saturated heterocycles. The average molecular weight is 152 g/mol. The van der Waals surface area contributed by atoms with Gasteiger partial charge in [-0.05, 0) is 24.6 Å². The van der Waals surface area contributed by atoms with Crippen LogP contribution in [-0.4, -0.2) is 0 Å². The zero-order valence-corrected chi connectivity index (χ0v) is 6.25. The van der Waals surface area contributed by atoms with E-state index >= 15 is 0 Å². The largest absolute Gasteiger partial charge is 0.294 e. The molecule has 0 saturated carbocycles. The van der Waals surface area contributed by atoms with Gasteiger partial charge in [0.25, 0.3) is 0 Å². The van der Waals surface area contributed by atoms with Crippen LogP contribution in [0.25, 0.3) is 6.08 Å². The zero-order valence-electron chi connectivity index (χ0n) is 6.25. The fourth-order valence-electron chi connectivity index (χ4n) is 0.823. The summed E-state index contributed by atoms with van der Waals surface area (Å²) < 4.78 is 11.5. The first kappa shape index (κ1) is 7.79. The van der Waals surface area contributed by atoms with Gasteiger partial charge in [0.2, 0.25) is 0 Å². The van der Waals surface area contributed by atoms with Gasteiger partial charge in [-0.25, -0.2) is 0 Å². The molecule has 0 aromatic heterocycles. The van der Waals surface area contributed by atoms with Crippen molar-refractivity contribution in [3.63, 3.8) is 0 Å². The number of hydrogen-bond acceptors (Lipinski definition) is 1. The Morgan fingerprint density at radius 1 is 1.27 bits per heavy atom. The summed E-state index contributed by atoms with van der Waals surface area (Å²) in [6.45, 7) is 1.93. The molecular formula is C9H9FO. The highest BCUT2D eigenvalue weighted by molar-refractivity contribution is 5.49. The lowest BCUT2D eigenvalue weighted by atomic mass is 10.2. The van der Waals surface area contributed by atoms with E-state index in [-0.39, 0.29) is 5.75 Å². The lowest BCUT2D eigenvalue weighted by molar-refractivity contribution is -0.00620. The fourth-order valence-corrected chi connectivity index (χ4v) is 0.823. The summed E-state index contributed by atoms with van der Waals surface area (Å²) in [6, 6.07) is 6.73. The first-order valence-corrected chi connectivity index (χ1v) is 3.38.